The first-order valence-electron chi connectivity index (χ1n) is 6.58. The van der Waals surface area contributed by atoms with E-state index in [2.05, 4.69) is 45.5 Å². The molecular weight excluding hydrogens is 389 g/mol. The van der Waals surface area contributed by atoms with Crippen LogP contribution in [0.4, 0.5) is 0 Å². The summed E-state index contributed by atoms with van der Waals surface area (Å²) < 4.78 is 1.10. The lowest BCUT2D eigenvalue weighted by Gasteiger charge is -2.17. The van der Waals surface area contributed by atoms with Gasteiger partial charge in [-0.25, -0.2) is 0 Å². The van der Waals surface area contributed by atoms with Gasteiger partial charge in [0.15, 0.2) is 0 Å². The molecule has 1 unspecified atom stereocenters. The van der Waals surface area contributed by atoms with Crippen molar-refractivity contribution in [1.82, 2.24) is 5.32 Å². The zero-order valence-corrected chi connectivity index (χ0v) is 15.5. The second-order valence-electron chi connectivity index (χ2n) is 4.65. The normalized spacial score (nSPS) is 12.4. The minimum atomic E-state index is 0.316. The van der Waals surface area contributed by atoms with Crippen LogP contribution in [0.5, 0.6) is 0 Å². The van der Waals surface area contributed by atoms with Crippen LogP contribution in [-0.4, -0.2) is 18.8 Å². The summed E-state index contributed by atoms with van der Waals surface area (Å²) in [4.78, 5) is 1.25. The number of thioether (sulfide) groups is 1. The van der Waals surface area contributed by atoms with Gasteiger partial charge in [0.1, 0.15) is 0 Å². The summed E-state index contributed by atoms with van der Waals surface area (Å²) in [5, 5.41) is 4.80. The van der Waals surface area contributed by atoms with Gasteiger partial charge in [-0.15, -0.1) is 11.8 Å². The van der Waals surface area contributed by atoms with Crippen LogP contribution in [0, 0.1) is 0 Å². The Kier molecular flexibility index (Phi) is 6.90. The maximum absolute atomic E-state index is 6.24. The molecule has 0 aliphatic carbocycles. The van der Waals surface area contributed by atoms with Crippen LogP contribution in [0.15, 0.2) is 51.8 Å². The van der Waals surface area contributed by atoms with E-state index in [1.54, 1.807) is 0 Å². The van der Waals surface area contributed by atoms with E-state index in [0.717, 1.165) is 32.3 Å². The average molecular weight is 405 g/mol. The van der Waals surface area contributed by atoms with Gasteiger partial charge < -0.3 is 5.32 Å². The summed E-state index contributed by atoms with van der Waals surface area (Å²) >= 11 is 17.8. The highest BCUT2D eigenvalue weighted by Gasteiger charge is 2.13. The molecule has 0 heterocycles. The van der Waals surface area contributed by atoms with E-state index in [-0.39, 0.29) is 0 Å². The smallest absolute Gasteiger partial charge is 0.0453 e. The molecule has 0 fully saturated rings. The molecule has 0 aliphatic rings. The van der Waals surface area contributed by atoms with Gasteiger partial charge in [0, 0.05) is 31.2 Å². The van der Waals surface area contributed by atoms with Crippen molar-refractivity contribution in [2.24, 2.45) is 0 Å². The van der Waals surface area contributed by atoms with E-state index in [1.807, 2.05) is 37.0 Å². The fourth-order valence-corrected chi connectivity index (χ4v) is 3.77. The van der Waals surface area contributed by atoms with Crippen molar-refractivity contribution in [3.8, 4) is 0 Å². The van der Waals surface area contributed by atoms with Gasteiger partial charge in [0.25, 0.3) is 0 Å². The third-order valence-electron chi connectivity index (χ3n) is 3.19. The lowest BCUT2D eigenvalue weighted by atomic mass is 10.1. The van der Waals surface area contributed by atoms with E-state index >= 15 is 0 Å². The van der Waals surface area contributed by atoms with Crippen LogP contribution in [0.1, 0.15) is 5.56 Å². The van der Waals surface area contributed by atoms with Crippen LogP contribution in [-0.2, 0) is 6.42 Å². The van der Waals surface area contributed by atoms with E-state index in [0.29, 0.717) is 6.04 Å². The van der Waals surface area contributed by atoms with Crippen molar-refractivity contribution < 1.29 is 0 Å². The summed E-state index contributed by atoms with van der Waals surface area (Å²) in [6.07, 6.45) is 0.818. The molecule has 0 radical (unpaired) electrons. The van der Waals surface area contributed by atoms with E-state index in [4.69, 9.17) is 23.2 Å². The molecule has 5 heteroatoms. The van der Waals surface area contributed by atoms with Crippen LogP contribution < -0.4 is 5.32 Å². The molecular formula is C16H16BrCl2NS. The van der Waals surface area contributed by atoms with Crippen molar-refractivity contribution in [3.05, 3.63) is 62.5 Å². The molecule has 2 rings (SSSR count). The monoisotopic (exact) mass is 403 g/mol. The minimum Gasteiger partial charge on any atom is -0.316 e. The number of nitrogens with one attached hydrogen (secondary N) is 1. The molecule has 0 amide bonds. The molecule has 2 aromatic carbocycles. The number of rotatable bonds is 6. The third kappa shape index (κ3) is 5.19. The molecule has 112 valence electrons. The van der Waals surface area contributed by atoms with Gasteiger partial charge in [-0.1, -0.05) is 45.2 Å². The SMILES string of the molecule is CNC(CSc1ccc(Br)cc1)Cc1c(Cl)cccc1Cl. The molecule has 0 aromatic heterocycles. The topological polar surface area (TPSA) is 12.0 Å². The lowest BCUT2D eigenvalue weighted by molar-refractivity contribution is 0.617. The van der Waals surface area contributed by atoms with Gasteiger partial charge in [0.05, 0.1) is 0 Å². The number of benzene rings is 2. The van der Waals surface area contributed by atoms with Gasteiger partial charge in [0.2, 0.25) is 0 Å². The van der Waals surface area contributed by atoms with Crippen molar-refractivity contribution in [2.45, 2.75) is 17.4 Å². The highest BCUT2D eigenvalue weighted by molar-refractivity contribution is 9.10. The number of hydrogen-bond donors (Lipinski definition) is 1. The Balaban J connectivity index is 1.98. The van der Waals surface area contributed by atoms with E-state index in [1.165, 1.54) is 4.90 Å². The fraction of sp³-hybridized carbons (Fsp3) is 0.250. The first kappa shape index (κ1) is 17.2. The van der Waals surface area contributed by atoms with Crippen molar-refractivity contribution >= 4 is 50.9 Å². The Hall–Kier alpha value is -0.190. The summed E-state index contributed by atoms with van der Waals surface area (Å²) in [7, 11) is 1.97. The Labute approximate surface area is 148 Å². The summed E-state index contributed by atoms with van der Waals surface area (Å²) in [6, 6.07) is 14.3. The molecule has 21 heavy (non-hydrogen) atoms. The second kappa shape index (κ2) is 8.44. The quantitative estimate of drug-likeness (QED) is 0.621. The maximum Gasteiger partial charge on any atom is 0.0453 e. The maximum atomic E-state index is 6.24. The Morgan fingerprint density at radius 2 is 1.71 bits per heavy atom. The number of likely N-dealkylation sites (N-methyl/N-ethyl adjacent to an activating group) is 1. The van der Waals surface area contributed by atoms with Crippen LogP contribution in [0.25, 0.3) is 0 Å². The second-order valence-corrected chi connectivity index (χ2v) is 7.48. The summed E-state index contributed by atoms with van der Waals surface area (Å²) in [5.41, 5.74) is 1.01. The highest BCUT2D eigenvalue weighted by Crippen LogP contribution is 2.27. The zero-order valence-electron chi connectivity index (χ0n) is 11.6. The Morgan fingerprint density at radius 3 is 2.29 bits per heavy atom. The summed E-state index contributed by atoms with van der Waals surface area (Å²) in [5.74, 6) is 0.958. The molecule has 1 atom stereocenters. The predicted octanol–water partition coefficient (Wildman–Crippen LogP) is 5.68. The molecule has 0 saturated carbocycles. The highest BCUT2D eigenvalue weighted by atomic mass is 79.9. The predicted molar refractivity (Wildman–Crippen MR) is 97.9 cm³/mol. The molecule has 0 spiro atoms. The van der Waals surface area contributed by atoms with Crippen molar-refractivity contribution in [1.29, 1.82) is 0 Å². The average Bonchev–Trinajstić information content (AvgIpc) is 2.48. The standard InChI is InChI=1S/C16H16BrCl2NS/c1-20-12(9-14-15(18)3-2-4-16(14)19)10-21-13-7-5-11(17)6-8-13/h2-8,12,20H,9-10H2,1H3. The first-order valence-corrected chi connectivity index (χ1v) is 9.12. The Morgan fingerprint density at radius 1 is 1.10 bits per heavy atom. The van der Waals surface area contributed by atoms with Gasteiger partial charge in [-0.05, 0) is 55.4 Å². The van der Waals surface area contributed by atoms with E-state index in [9.17, 15) is 0 Å². The molecule has 1 nitrogen and oxygen atoms in total. The fourth-order valence-electron chi connectivity index (χ4n) is 1.95. The molecule has 0 saturated heterocycles. The largest absolute Gasteiger partial charge is 0.316 e. The zero-order chi connectivity index (χ0) is 15.2. The Bertz CT molecular complexity index is 569. The number of hydrogen-bond acceptors (Lipinski definition) is 2. The van der Waals surface area contributed by atoms with Crippen molar-refractivity contribution in [3.63, 3.8) is 0 Å². The molecule has 0 bridgehead atoms. The van der Waals surface area contributed by atoms with Crippen LogP contribution in [0.3, 0.4) is 0 Å². The van der Waals surface area contributed by atoms with Gasteiger partial charge >= 0.3 is 0 Å². The lowest BCUT2D eigenvalue weighted by Crippen LogP contribution is -2.30. The minimum absolute atomic E-state index is 0.316. The first-order chi connectivity index (χ1) is 10.1. The van der Waals surface area contributed by atoms with Gasteiger partial charge in [-0.2, -0.15) is 0 Å². The number of halogens is 3. The van der Waals surface area contributed by atoms with E-state index < -0.39 is 0 Å². The van der Waals surface area contributed by atoms with Gasteiger partial charge in [-0.3, -0.25) is 0 Å². The third-order valence-corrected chi connectivity index (χ3v) is 5.60. The summed E-state index contributed by atoms with van der Waals surface area (Å²) in [6.45, 7) is 0. The molecule has 2 aromatic rings. The van der Waals surface area contributed by atoms with Crippen LogP contribution in [0.2, 0.25) is 10.0 Å². The van der Waals surface area contributed by atoms with Crippen LogP contribution >= 0.6 is 50.9 Å². The van der Waals surface area contributed by atoms with Crippen molar-refractivity contribution in [2.75, 3.05) is 12.8 Å². The molecule has 1 N–H and O–H groups in total. The molecule has 0 aliphatic heterocycles.